The molecule has 2 heterocycles. The third-order valence-electron chi connectivity index (χ3n) is 2.65. The lowest BCUT2D eigenvalue weighted by Gasteiger charge is -2.00. The lowest BCUT2D eigenvalue weighted by Crippen LogP contribution is -2.03. The number of nitrogens with one attached hydrogen (secondary N) is 1. The minimum absolute atomic E-state index is 0.0239. The summed E-state index contributed by atoms with van der Waals surface area (Å²) in [6.45, 7) is -0.0239. The molecule has 0 aliphatic carbocycles. The van der Waals surface area contributed by atoms with Gasteiger partial charge < -0.3 is 10.1 Å². The number of aliphatic hydroxyl groups is 1. The van der Waals surface area contributed by atoms with Crippen molar-refractivity contribution < 1.29 is 5.11 Å². The molecule has 0 amide bonds. The third-order valence-corrected chi connectivity index (χ3v) is 3.48. The maximum atomic E-state index is 11.6. The van der Waals surface area contributed by atoms with E-state index in [1.165, 1.54) is 6.33 Å². The number of rotatable bonds is 2. The van der Waals surface area contributed by atoms with Gasteiger partial charge in [-0.25, -0.2) is 4.98 Å². The van der Waals surface area contributed by atoms with Gasteiger partial charge in [-0.1, -0.05) is 18.2 Å². The molecule has 0 unspecified atom stereocenters. The number of aromatic amines is 1. The summed E-state index contributed by atoms with van der Waals surface area (Å²) >= 11 is 1.13. The van der Waals surface area contributed by atoms with Gasteiger partial charge in [0.2, 0.25) is 0 Å². The van der Waals surface area contributed by atoms with E-state index in [1.807, 2.05) is 24.3 Å². The lowest BCUT2D eigenvalue weighted by molar-refractivity contribution is 0.282. The molecule has 18 heavy (non-hydrogen) atoms. The number of nitrogens with zero attached hydrogens (tertiary/aromatic N) is 2. The van der Waals surface area contributed by atoms with Crippen molar-refractivity contribution in [1.29, 1.82) is 0 Å². The van der Waals surface area contributed by atoms with Crippen LogP contribution in [0.3, 0.4) is 0 Å². The van der Waals surface area contributed by atoms with Crippen molar-refractivity contribution in [2.75, 3.05) is 0 Å². The molecule has 90 valence electrons. The Morgan fingerprint density at radius 2 is 2.28 bits per heavy atom. The van der Waals surface area contributed by atoms with Gasteiger partial charge in [-0.05, 0) is 23.2 Å². The molecule has 0 fully saturated rings. The Labute approximate surface area is 106 Å². The van der Waals surface area contributed by atoms with Gasteiger partial charge in [0, 0.05) is 5.56 Å². The van der Waals surface area contributed by atoms with Gasteiger partial charge in [-0.3, -0.25) is 4.79 Å². The van der Waals surface area contributed by atoms with E-state index in [0.717, 1.165) is 22.7 Å². The third kappa shape index (κ3) is 1.71. The molecule has 1 aromatic carbocycles. The predicted molar refractivity (Wildman–Crippen MR) is 69.4 cm³/mol. The molecular weight excluding hydrogens is 250 g/mol. The number of benzene rings is 1. The van der Waals surface area contributed by atoms with Crippen LogP contribution < -0.4 is 5.56 Å². The Kier molecular flexibility index (Phi) is 2.66. The van der Waals surface area contributed by atoms with Crippen molar-refractivity contribution >= 4 is 21.7 Å². The molecule has 0 aliphatic heterocycles. The van der Waals surface area contributed by atoms with Gasteiger partial charge in [-0.15, -0.1) is 0 Å². The molecule has 5 nitrogen and oxygen atoms in total. The summed E-state index contributed by atoms with van der Waals surface area (Å²) < 4.78 is 4.79. The minimum Gasteiger partial charge on any atom is -0.392 e. The summed E-state index contributed by atoms with van der Waals surface area (Å²) in [6.07, 6.45) is 1.37. The van der Waals surface area contributed by atoms with Crippen LogP contribution in [0.4, 0.5) is 0 Å². The molecule has 6 heteroatoms. The molecule has 3 rings (SSSR count). The molecular formula is C12H9N3O2S. The molecule has 0 saturated carbocycles. The van der Waals surface area contributed by atoms with Crippen LogP contribution in [0.25, 0.3) is 21.5 Å². The topological polar surface area (TPSA) is 78.9 Å². The van der Waals surface area contributed by atoms with Gasteiger partial charge >= 0.3 is 0 Å². The minimum atomic E-state index is -0.179. The molecule has 2 aromatic heterocycles. The average molecular weight is 259 g/mol. The van der Waals surface area contributed by atoms with Crippen molar-refractivity contribution in [2.45, 2.75) is 6.61 Å². The number of hydrogen-bond acceptors (Lipinski definition) is 5. The zero-order valence-electron chi connectivity index (χ0n) is 9.25. The highest BCUT2D eigenvalue weighted by Crippen LogP contribution is 2.27. The molecule has 0 atom stereocenters. The van der Waals surface area contributed by atoms with E-state index in [2.05, 4.69) is 14.3 Å². The molecule has 0 spiro atoms. The molecule has 0 bridgehead atoms. The first-order chi connectivity index (χ1) is 8.79. The number of aliphatic hydroxyl groups excluding tert-OH is 1. The van der Waals surface area contributed by atoms with Crippen LogP contribution in [0.1, 0.15) is 5.56 Å². The summed E-state index contributed by atoms with van der Waals surface area (Å²) in [6, 6.07) is 7.41. The van der Waals surface area contributed by atoms with E-state index < -0.39 is 0 Å². The zero-order valence-corrected chi connectivity index (χ0v) is 10.1. The van der Waals surface area contributed by atoms with Crippen LogP contribution >= 0.6 is 11.5 Å². The first-order valence-corrected chi connectivity index (χ1v) is 6.10. The maximum absolute atomic E-state index is 11.6. The summed E-state index contributed by atoms with van der Waals surface area (Å²) in [4.78, 5) is 18.3. The van der Waals surface area contributed by atoms with Gasteiger partial charge in [0.1, 0.15) is 15.9 Å². The monoisotopic (exact) mass is 259 g/mol. The quantitative estimate of drug-likeness (QED) is 0.731. The number of aromatic nitrogens is 3. The average Bonchev–Trinajstić information content (AvgIpc) is 2.84. The fourth-order valence-electron chi connectivity index (χ4n) is 1.78. The fourth-order valence-corrected chi connectivity index (χ4v) is 2.53. The second kappa shape index (κ2) is 4.32. The van der Waals surface area contributed by atoms with Crippen molar-refractivity contribution in [2.24, 2.45) is 0 Å². The van der Waals surface area contributed by atoms with Crippen LogP contribution in [-0.4, -0.2) is 19.4 Å². The van der Waals surface area contributed by atoms with Gasteiger partial charge in [0.05, 0.1) is 12.9 Å². The summed E-state index contributed by atoms with van der Waals surface area (Å²) in [5.74, 6) is 0. The van der Waals surface area contributed by atoms with Gasteiger partial charge in [-0.2, -0.15) is 4.37 Å². The van der Waals surface area contributed by atoms with Gasteiger partial charge in [0.15, 0.2) is 0 Å². The summed E-state index contributed by atoms with van der Waals surface area (Å²) in [5, 5.41) is 9.13. The van der Waals surface area contributed by atoms with E-state index in [0.29, 0.717) is 15.9 Å². The molecule has 2 N–H and O–H groups in total. The van der Waals surface area contributed by atoms with E-state index in [9.17, 15) is 4.79 Å². The molecule has 0 radical (unpaired) electrons. The predicted octanol–water partition coefficient (Wildman–Crippen LogP) is 1.54. The first-order valence-electron chi connectivity index (χ1n) is 5.33. The van der Waals surface area contributed by atoms with Crippen LogP contribution in [0, 0.1) is 0 Å². The SMILES string of the molecule is O=c1[nH]cnc2c(-c3cccc(CO)c3)nsc12. The Balaban J connectivity index is 2.25. The number of fused-ring (bicyclic) bond motifs is 1. The van der Waals surface area contributed by atoms with Crippen LogP contribution in [0.2, 0.25) is 0 Å². The number of H-pyrrole nitrogens is 1. The van der Waals surface area contributed by atoms with Gasteiger partial charge in [0.25, 0.3) is 5.56 Å². The highest BCUT2D eigenvalue weighted by Gasteiger charge is 2.12. The van der Waals surface area contributed by atoms with E-state index in [4.69, 9.17) is 5.11 Å². The van der Waals surface area contributed by atoms with E-state index >= 15 is 0 Å². The van der Waals surface area contributed by atoms with Crippen molar-refractivity contribution in [3.8, 4) is 11.3 Å². The highest BCUT2D eigenvalue weighted by atomic mass is 32.1. The standard InChI is InChI=1S/C12H9N3O2S/c16-5-7-2-1-3-8(4-7)9-10-11(18-15-9)12(17)14-6-13-10/h1-4,6,16H,5H2,(H,13,14,17). The Hall–Kier alpha value is -2.05. The van der Waals surface area contributed by atoms with E-state index in [-0.39, 0.29) is 12.2 Å². The summed E-state index contributed by atoms with van der Waals surface area (Å²) in [7, 11) is 0. The normalized spacial score (nSPS) is 10.9. The van der Waals surface area contributed by atoms with Crippen LogP contribution in [0.5, 0.6) is 0 Å². The second-order valence-electron chi connectivity index (χ2n) is 3.80. The highest BCUT2D eigenvalue weighted by molar-refractivity contribution is 7.13. The zero-order chi connectivity index (χ0) is 12.5. The van der Waals surface area contributed by atoms with Crippen molar-refractivity contribution in [3.63, 3.8) is 0 Å². The van der Waals surface area contributed by atoms with Crippen molar-refractivity contribution in [1.82, 2.24) is 14.3 Å². The smallest absolute Gasteiger partial charge is 0.270 e. The van der Waals surface area contributed by atoms with E-state index in [1.54, 1.807) is 0 Å². The molecule has 0 saturated heterocycles. The Bertz CT molecular complexity index is 763. The molecule has 3 aromatic rings. The largest absolute Gasteiger partial charge is 0.392 e. The van der Waals surface area contributed by atoms with Crippen molar-refractivity contribution in [3.05, 3.63) is 46.5 Å². The molecule has 0 aliphatic rings. The second-order valence-corrected chi connectivity index (χ2v) is 4.57. The van der Waals surface area contributed by atoms with Crippen LogP contribution in [0.15, 0.2) is 35.4 Å². The summed E-state index contributed by atoms with van der Waals surface area (Å²) in [5.41, 5.74) is 2.75. The Morgan fingerprint density at radius 3 is 3.11 bits per heavy atom. The number of hydrogen-bond donors (Lipinski definition) is 2. The first kappa shape index (κ1) is 11.1. The Morgan fingerprint density at radius 1 is 1.39 bits per heavy atom. The maximum Gasteiger partial charge on any atom is 0.270 e. The fraction of sp³-hybridized carbons (Fsp3) is 0.0833. The van der Waals surface area contributed by atoms with Crippen LogP contribution in [-0.2, 0) is 6.61 Å². The lowest BCUT2D eigenvalue weighted by atomic mass is 10.1.